The quantitative estimate of drug-likeness (QED) is 0.802. The predicted octanol–water partition coefficient (Wildman–Crippen LogP) is 3.65. The van der Waals surface area contributed by atoms with Crippen LogP contribution in [0.25, 0.3) is 0 Å². The van der Waals surface area contributed by atoms with Crippen molar-refractivity contribution in [3.63, 3.8) is 0 Å². The first kappa shape index (κ1) is 17.5. The zero-order chi connectivity index (χ0) is 17.2. The number of amides is 1. The number of rotatable bonds is 4. The summed E-state index contributed by atoms with van der Waals surface area (Å²) in [6.45, 7) is 1.42. The van der Waals surface area contributed by atoms with Crippen molar-refractivity contribution in [3.8, 4) is 5.75 Å². The summed E-state index contributed by atoms with van der Waals surface area (Å²) in [4.78, 5) is 15.0. The summed E-state index contributed by atoms with van der Waals surface area (Å²) in [7, 11) is 0. The largest absolute Gasteiger partial charge is 0.480 e. The second kappa shape index (κ2) is 6.75. The lowest BCUT2D eigenvalue weighted by Crippen LogP contribution is -2.30. The Bertz CT molecular complexity index is 723. The first-order valence-electron chi connectivity index (χ1n) is 6.09. The van der Waals surface area contributed by atoms with E-state index in [0.29, 0.717) is 15.2 Å². The first-order chi connectivity index (χ1) is 10.7. The average molecular weight is 414 g/mol. The minimum atomic E-state index is -4.67. The van der Waals surface area contributed by atoms with Gasteiger partial charge in [0.1, 0.15) is 5.75 Å². The molecule has 0 spiro atoms. The number of H-pyrrole nitrogens is 1. The lowest BCUT2D eigenvalue weighted by molar-refractivity contribution is -0.144. The van der Waals surface area contributed by atoms with Crippen molar-refractivity contribution in [3.05, 3.63) is 33.5 Å². The minimum absolute atomic E-state index is 0.350. The minimum Gasteiger partial charge on any atom is -0.480 e. The SMILES string of the molecule is CC(Oc1ccc(Cl)cc1Br)C(=O)Nc1n[nH]c(C(F)(F)F)n1. The molecule has 1 amide bonds. The Labute approximate surface area is 141 Å². The molecule has 0 fully saturated rings. The molecule has 2 N–H and O–H groups in total. The van der Waals surface area contributed by atoms with E-state index in [-0.39, 0.29) is 0 Å². The second-order valence-corrected chi connectivity index (χ2v) is 5.62. The van der Waals surface area contributed by atoms with Crippen LogP contribution in [0, 0.1) is 0 Å². The highest BCUT2D eigenvalue weighted by atomic mass is 79.9. The Morgan fingerprint density at radius 3 is 2.74 bits per heavy atom. The lowest BCUT2D eigenvalue weighted by Gasteiger charge is -2.14. The Morgan fingerprint density at radius 1 is 1.48 bits per heavy atom. The van der Waals surface area contributed by atoms with Crippen LogP contribution in [0.1, 0.15) is 12.7 Å². The number of hydrogen-bond acceptors (Lipinski definition) is 4. The van der Waals surface area contributed by atoms with Gasteiger partial charge < -0.3 is 4.74 Å². The van der Waals surface area contributed by atoms with Gasteiger partial charge in [-0.1, -0.05) is 11.6 Å². The number of ether oxygens (including phenoxy) is 1. The molecular formula is C12H9BrClF3N4O2. The van der Waals surface area contributed by atoms with Gasteiger partial charge >= 0.3 is 6.18 Å². The molecule has 0 aliphatic carbocycles. The van der Waals surface area contributed by atoms with Gasteiger partial charge in [0.15, 0.2) is 6.10 Å². The molecule has 0 aliphatic heterocycles. The molecule has 11 heteroatoms. The van der Waals surface area contributed by atoms with E-state index in [9.17, 15) is 18.0 Å². The van der Waals surface area contributed by atoms with Gasteiger partial charge in [0.2, 0.25) is 11.8 Å². The summed E-state index contributed by atoms with van der Waals surface area (Å²) in [6, 6.07) is 4.69. The Balaban J connectivity index is 2.01. The van der Waals surface area contributed by atoms with E-state index in [1.165, 1.54) is 6.92 Å². The van der Waals surface area contributed by atoms with Gasteiger partial charge in [0.05, 0.1) is 4.47 Å². The normalized spacial score (nSPS) is 12.8. The maximum Gasteiger partial charge on any atom is 0.451 e. The van der Waals surface area contributed by atoms with E-state index in [2.05, 4.69) is 31.3 Å². The van der Waals surface area contributed by atoms with Crippen LogP contribution in [-0.4, -0.2) is 27.2 Å². The zero-order valence-corrected chi connectivity index (χ0v) is 13.8. The molecule has 0 radical (unpaired) electrons. The van der Waals surface area contributed by atoms with Gasteiger partial charge in [-0.2, -0.15) is 18.2 Å². The van der Waals surface area contributed by atoms with Crippen LogP contribution < -0.4 is 10.1 Å². The molecule has 1 aromatic carbocycles. The van der Waals surface area contributed by atoms with Crippen LogP contribution in [0.4, 0.5) is 19.1 Å². The van der Waals surface area contributed by atoms with E-state index in [0.717, 1.165) is 0 Å². The Kier molecular flexibility index (Phi) is 5.15. The first-order valence-corrected chi connectivity index (χ1v) is 7.26. The lowest BCUT2D eigenvalue weighted by atomic mass is 10.3. The van der Waals surface area contributed by atoms with Crippen LogP contribution in [-0.2, 0) is 11.0 Å². The van der Waals surface area contributed by atoms with E-state index in [1.807, 2.05) is 0 Å². The number of aromatic amines is 1. The fourth-order valence-electron chi connectivity index (χ4n) is 1.47. The van der Waals surface area contributed by atoms with E-state index in [4.69, 9.17) is 16.3 Å². The molecule has 6 nitrogen and oxygen atoms in total. The highest BCUT2D eigenvalue weighted by Crippen LogP contribution is 2.29. The number of halogens is 5. The van der Waals surface area contributed by atoms with Gasteiger partial charge in [-0.15, -0.1) is 5.10 Å². The summed E-state index contributed by atoms with van der Waals surface area (Å²) in [5, 5.41) is 7.56. The number of aromatic nitrogens is 3. The van der Waals surface area contributed by atoms with Gasteiger partial charge in [-0.25, -0.2) is 0 Å². The van der Waals surface area contributed by atoms with Crippen molar-refractivity contribution >= 4 is 39.4 Å². The number of carbonyl (C=O) groups excluding carboxylic acids is 1. The predicted molar refractivity (Wildman–Crippen MR) is 79.3 cm³/mol. The Morgan fingerprint density at radius 2 is 2.17 bits per heavy atom. The number of anilines is 1. The van der Waals surface area contributed by atoms with Crippen LogP contribution in [0.2, 0.25) is 5.02 Å². The van der Waals surface area contributed by atoms with E-state index in [1.54, 1.807) is 23.3 Å². The number of carbonyl (C=O) groups is 1. The number of nitrogens with zero attached hydrogens (tertiary/aromatic N) is 2. The van der Waals surface area contributed by atoms with Crippen LogP contribution in [0.3, 0.4) is 0 Å². The summed E-state index contributed by atoms with van der Waals surface area (Å²) < 4.78 is 43.1. The third-order valence-corrected chi connectivity index (χ3v) is 3.41. The van der Waals surface area contributed by atoms with Gasteiger partial charge in [0.25, 0.3) is 5.91 Å². The zero-order valence-electron chi connectivity index (χ0n) is 11.4. The van der Waals surface area contributed by atoms with Crippen molar-refractivity contribution in [2.45, 2.75) is 19.2 Å². The maximum absolute atomic E-state index is 12.4. The van der Waals surface area contributed by atoms with Gasteiger partial charge in [-0.3, -0.25) is 15.2 Å². The highest BCUT2D eigenvalue weighted by molar-refractivity contribution is 9.10. The maximum atomic E-state index is 12.4. The molecule has 0 aliphatic rings. The van der Waals surface area contributed by atoms with Crippen molar-refractivity contribution < 1.29 is 22.7 Å². The molecule has 23 heavy (non-hydrogen) atoms. The standard InChI is InChI=1S/C12H9BrClF3N4O2/c1-5(23-8-3-2-6(14)4-7(8)13)9(22)18-11-19-10(20-21-11)12(15,16)17/h2-5H,1H3,(H2,18,19,20,21,22). The summed E-state index contributed by atoms with van der Waals surface area (Å²) >= 11 is 9.01. The molecular weight excluding hydrogens is 405 g/mol. The third-order valence-electron chi connectivity index (χ3n) is 2.56. The molecule has 124 valence electrons. The molecule has 1 atom stereocenters. The molecule has 2 aromatic rings. The summed E-state index contributed by atoms with van der Waals surface area (Å²) in [5.74, 6) is -2.16. The molecule has 1 aromatic heterocycles. The fraction of sp³-hybridized carbons (Fsp3) is 0.250. The number of alkyl halides is 3. The summed E-state index contributed by atoms with van der Waals surface area (Å²) in [6.07, 6.45) is -5.67. The Hall–Kier alpha value is -1.81. The van der Waals surface area contributed by atoms with Crippen molar-refractivity contribution in [1.82, 2.24) is 15.2 Å². The fourth-order valence-corrected chi connectivity index (χ4v) is 2.25. The summed E-state index contributed by atoms with van der Waals surface area (Å²) in [5.41, 5.74) is 0. The topological polar surface area (TPSA) is 79.9 Å². The molecule has 2 rings (SSSR count). The van der Waals surface area contributed by atoms with E-state index >= 15 is 0 Å². The number of hydrogen-bond donors (Lipinski definition) is 2. The van der Waals surface area contributed by atoms with Crippen molar-refractivity contribution in [2.24, 2.45) is 0 Å². The molecule has 1 unspecified atom stereocenters. The van der Waals surface area contributed by atoms with Gasteiger partial charge in [0, 0.05) is 5.02 Å². The smallest absolute Gasteiger partial charge is 0.451 e. The van der Waals surface area contributed by atoms with Crippen LogP contribution in [0.5, 0.6) is 5.75 Å². The molecule has 0 bridgehead atoms. The van der Waals surface area contributed by atoms with Crippen molar-refractivity contribution in [1.29, 1.82) is 0 Å². The van der Waals surface area contributed by atoms with Gasteiger partial charge in [-0.05, 0) is 41.1 Å². The van der Waals surface area contributed by atoms with Crippen LogP contribution >= 0.6 is 27.5 Å². The monoisotopic (exact) mass is 412 g/mol. The molecule has 0 saturated carbocycles. The van der Waals surface area contributed by atoms with Crippen molar-refractivity contribution in [2.75, 3.05) is 5.32 Å². The van der Waals surface area contributed by atoms with Crippen LogP contribution in [0.15, 0.2) is 22.7 Å². The molecule has 0 saturated heterocycles. The second-order valence-electron chi connectivity index (χ2n) is 4.33. The highest BCUT2D eigenvalue weighted by Gasteiger charge is 2.35. The van der Waals surface area contributed by atoms with E-state index < -0.39 is 30.0 Å². The number of nitrogens with one attached hydrogen (secondary N) is 2. The average Bonchev–Trinajstić information content (AvgIpc) is 2.90. The number of benzene rings is 1. The third kappa shape index (κ3) is 4.58. The molecule has 1 heterocycles.